The van der Waals surface area contributed by atoms with Crippen LogP contribution in [0.15, 0.2) is 6.07 Å². The molecule has 2 fully saturated rings. The van der Waals surface area contributed by atoms with Gasteiger partial charge in [-0.15, -0.1) is 0 Å². The van der Waals surface area contributed by atoms with E-state index < -0.39 is 84.6 Å². The van der Waals surface area contributed by atoms with Gasteiger partial charge in [-0.2, -0.15) is 89.0 Å². The molecule has 23 heteroatoms. The van der Waals surface area contributed by atoms with Gasteiger partial charge in [-0.05, 0) is 70.5 Å². The molecule has 1 aliphatic heterocycles. The van der Waals surface area contributed by atoms with Gasteiger partial charge in [0.15, 0.2) is 13.2 Å². The monoisotopic (exact) mass is 755 g/mol. The Morgan fingerprint density at radius 1 is 0.551 bits per heavy atom. The van der Waals surface area contributed by atoms with Crippen LogP contribution < -0.4 is 9.47 Å². The first-order valence-electron chi connectivity index (χ1n) is 14.2. The number of hydrogen-bond acceptors (Lipinski definition) is 5. The molecule has 0 aromatic carbocycles. The van der Waals surface area contributed by atoms with Crippen LogP contribution in [0.5, 0.6) is 11.8 Å². The zero-order chi connectivity index (χ0) is 37.6. The van der Waals surface area contributed by atoms with Crippen molar-refractivity contribution in [3.63, 3.8) is 0 Å². The second-order valence-corrected chi connectivity index (χ2v) is 11.9. The first-order chi connectivity index (χ1) is 22.0. The van der Waals surface area contributed by atoms with Crippen molar-refractivity contribution in [1.82, 2.24) is 14.9 Å². The molecule has 0 atom stereocenters. The maximum atomic E-state index is 14.1. The molecule has 0 spiro atoms. The zero-order valence-corrected chi connectivity index (χ0v) is 24.8. The summed E-state index contributed by atoms with van der Waals surface area (Å²) in [4.78, 5) is 9.20. The van der Waals surface area contributed by atoms with Crippen LogP contribution in [-0.4, -0.2) is 96.1 Å². The standard InChI is InChI=1S/C26H27F18N3O2/c1-47-8-6-14(7-9-47)13-2-4-15(5-3-13)18-45-16(48-11-19(27,28)21(31,32)23(35,36)25(39,40)41)10-17(46-18)49-12-20(29,30)22(33,34)24(37,38)26(42,43)44/h10,13-15H,2-9,11-12H2,1H3. The van der Waals surface area contributed by atoms with E-state index in [9.17, 15) is 79.0 Å². The molecule has 1 aromatic heterocycles. The van der Waals surface area contributed by atoms with Crippen molar-refractivity contribution in [2.75, 3.05) is 33.4 Å². The predicted octanol–water partition coefficient (Wildman–Crippen LogP) is 8.79. The highest BCUT2D eigenvalue weighted by molar-refractivity contribution is 5.23. The van der Waals surface area contributed by atoms with Crippen molar-refractivity contribution in [2.24, 2.45) is 11.8 Å². The second kappa shape index (κ2) is 13.5. The third-order valence-electron chi connectivity index (χ3n) is 8.49. The van der Waals surface area contributed by atoms with Crippen LogP contribution in [0.25, 0.3) is 0 Å². The molecular formula is C26H27F18N3O2. The summed E-state index contributed by atoms with van der Waals surface area (Å²) in [5.74, 6) is -45.5. The molecule has 1 saturated carbocycles. The lowest BCUT2D eigenvalue weighted by atomic mass is 9.72. The fourth-order valence-corrected chi connectivity index (χ4v) is 5.43. The Labute approximate surface area is 265 Å². The van der Waals surface area contributed by atoms with Crippen LogP contribution in [0.2, 0.25) is 0 Å². The van der Waals surface area contributed by atoms with Gasteiger partial charge in [-0.1, -0.05) is 0 Å². The number of ether oxygens (including phenoxy) is 2. The number of hydrogen-bond donors (Lipinski definition) is 0. The van der Waals surface area contributed by atoms with E-state index in [1.807, 2.05) is 7.05 Å². The molecule has 0 unspecified atom stereocenters. The molecule has 0 radical (unpaired) electrons. The third-order valence-corrected chi connectivity index (χ3v) is 8.49. The van der Waals surface area contributed by atoms with Gasteiger partial charge in [-0.3, -0.25) is 0 Å². The van der Waals surface area contributed by atoms with Crippen LogP contribution >= 0.6 is 0 Å². The lowest BCUT2D eigenvalue weighted by molar-refractivity contribution is -0.398. The van der Waals surface area contributed by atoms with Crippen molar-refractivity contribution < 1.29 is 88.5 Å². The van der Waals surface area contributed by atoms with Crippen LogP contribution in [0, 0.1) is 11.8 Å². The van der Waals surface area contributed by atoms with Crippen LogP contribution in [-0.2, 0) is 0 Å². The van der Waals surface area contributed by atoms with Crippen molar-refractivity contribution in [2.45, 2.75) is 92.3 Å². The van der Waals surface area contributed by atoms with Gasteiger partial charge in [-0.25, -0.2) is 0 Å². The van der Waals surface area contributed by atoms with E-state index in [1.165, 1.54) is 0 Å². The number of halogens is 18. The molecular weight excluding hydrogens is 728 g/mol. The molecule has 3 rings (SSSR count). The van der Waals surface area contributed by atoms with Gasteiger partial charge < -0.3 is 14.4 Å². The number of likely N-dealkylation sites (tertiary alicyclic amines) is 1. The molecule has 284 valence electrons. The van der Waals surface area contributed by atoms with Crippen LogP contribution in [0.4, 0.5) is 79.0 Å². The number of rotatable bonds is 12. The van der Waals surface area contributed by atoms with Crippen molar-refractivity contribution >= 4 is 0 Å². The highest BCUT2D eigenvalue weighted by atomic mass is 19.4. The summed E-state index contributed by atoms with van der Waals surface area (Å²) >= 11 is 0. The lowest BCUT2D eigenvalue weighted by Gasteiger charge is -2.38. The number of piperidine rings is 1. The average Bonchev–Trinajstić information content (AvgIpc) is 2.98. The van der Waals surface area contributed by atoms with E-state index >= 15 is 0 Å². The molecule has 0 N–H and O–H groups in total. The molecule has 1 aromatic rings. The zero-order valence-electron chi connectivity index (χ0n) is 24.8. The molecule has 2 aliphatic rings. The van der Waals surface area contributed by atoms with E-state index in [1.54, 1.807) is 0 Å². The summed E-state index contributed by atoms with van der Waals surface area (Å²) in [7, 11) is 1.91. The molecule has 0 bridgehead atoms. The summed E-state index contributed by atoms with van der Waals surface area (Å²) in [6, 6.07) is -0.0140. The van der Waals surface area contributed by atoms with Gasteiger partial charge in [0.05, 0.1) is 6.07 Å². The van der Waals surface area contributed by atoms with Gasteiger partial charge >= 0.3 is 47.9 Å². The van der Waals surface area contributed by atoms with Crippen molar-refractivity contribution in [3.8, 4) is 11.8 Å². The van der Waals surface area contributed by atoms with E-state index in [0.29, 0.717) is 12.8 Å². The van der Waals surface area contributed by atoms with Gasteiger partial charge in [0, 0.05) is 5.92 Å². The largest absolute Gasteiger partial charge is 0.471 e. The van der Waals surface area contributed by atoms with Crippen LogP contribution in [0.1, 0.15) is 50.3 Å². The van der Waals surface area contributed by atoms with Gasteiger partial charge in [0.25, 0.3) is 0 Å². The quantitative estimate of drug-likeness (QED) is 0.200. The van der Waals surface area contributed by atoms with E-state index in [2.05, 4.69) is 24.3 Å². The lowest BCUT2D eigenvalue weighted by Crippen LogP contribution is -2.62. The molecule has 5 nitrogen and oxygen atoms in total. The molecule has 1 saturated heterocycles. The summed E-state index contributed by atoms with van der Waals surface area (Å²) in [5, 5.41) is 0. The first-order valence-corrected chi connectivity index (χ1v) is 14.2. The van der Waals surface area contributed by atoms with Crippen molar-refractivity contribution in [1.29, 1.82) is 0 Å². The van der Waals surface area contributed by atoms with Gasteiger partial charge in [0.2, 0.25) is 11.8 Å². The molecule has 49 heavy (non-hydrogen) atoms. The Morgan fingerprint density at radius 2 is 0.898 bits per heavy atom. The van der Waals surface area contributed by atoms with Crippen molar-refractivity contribution in [3.05, 3.63) is 11.9 Å². The third kappa shape index (κ3) is 7.99. The Balaban J connectivity index is 1.89. The fraction of sp³-hybridized carbons (Fsp3) is 0.846. The average molecular weight is 755 g/mol. The fourth-order valence-electron chi connectivity index (χ4n) is 5.43. The van der Waals surface area contributed by atoms with E-state index in [-0.39, 0.29) is 30.7 Å². The smallest absolute Gasteiger partial charge is 0.460 e. The van der Waals surface area contributed by atoms with E-state index in [0.717, 1.165) is 25.9 Å². The highest BCUT2D eigenvalue weighted by Crippen LogP contribution is 2.54. The minimum atomic E-state index is -7.31. The first kappa shape index (κ1) is 40.8. The predicted molar refractivity (Wildman–Crippen MR) is 130 cm³/mol. The van der Waals surface area contributed by atoms with E-state index in [4.69, 9.17) is 0 Å². The van der Waals surface area contributed by atoms with Crippen LogP contribution in [0.3, 0.4) is 0 Å². The normalized spacial score (nSPS) is 21.9. The summed E-state index contributed by atoms with van der Waals surface area (Å²) < 4.78 is 247. The molecule has 1 aliphatic carbocycles. The summed E-state index contributed by atoms with van der Waals surface area (Å²) in [6.45, 7) is -4.36. The SMILES string of the molecule is CN1CCC(C2CCC(c3nc(OCC(F)(F)C(F)(F)C(F)(F)C(F)(F)F)cc(OCC(F)(F)C(F)(F)C(F)(F)C(F)(F)F)n3)CC2)CC1. The summed E-state index contributed by atoms with van der Waals surface area (Å²) in [5.41, 5.74) is 0. The summed E-state index contributed by atoms with van der Waals surface area (Å²) in [6.07, 6.45) is -11.4. The minimum absolute atomic E-state index is 0.0140. The number of alkyl halides is 18. The number of nitrogens with zero attached hydrogens (tertiary/aromatic N) is 3. The Bertz CT molecular complexity index is 1200. The Kier molecular flexibility index (Phi) is 11.2. The maximum Gasteiger partial charge on any atom is 0.460 e. The highest BCUT2D eigenvalue weighted by Gasteiger charge is 2.83. The minimum Gasteiger partial charge on any atom is -0.471 e. The molecule has 0 amide bonds. The second-order valence-electron chi connectivity index (χ2n) is 11.9. The Morgan fingerprint density at radius 3 is 1.24 bits per heavy atom. The topological polar surface area (TPSA) is 47.5 Å². The number of aromatic nitrogens is 2. The molecule has 2 heterocycles. The maximum absolute atomic E-state index is 14.1. The Hall–Kier alpha value is -2.62. The van der Waals surface area contributed by atoms with Gasteiger partial charge in [0.1, 0.15) is 5.82 Å².